The highest BCUT2D eigenvalue weighted by atomic mass is 79.9. The van der Waals surface area contributed by atoms with E-state index in [0.29, 0.717) is 26.9 Å². The molecule has 0 unspecified atom stereocenters. The monoisotopic (exact) mass is 1770 g/mol. The van der Waals surface area contributed by atoms with Gasteiger partial charge in [0, 0.05) is 19.5 Å². The molecule has 0 saturated heterocycles. The summed E-state index contributed by atoms with van der Waals surface area (Å²) in [6, 6.07) is 75.7. The second-order valence-electron chi connectivity index (χ2n) is 25.6. The van der Waals surface area contributed by atoms with E-state index in [4.69, 9.17) is 50.8 Å². The second kappa shape index (κ2) is 54.5. The third-order valence-corrected chi connectivity index (χ3v) is 15.6. The van der Waals surface area contributed by atoms with Crippen molar-refractivity contribution in [2.24, 2.45) is 0 Å². The Morgan fingerprint density at radius 1 is 0.322 bits per heavy atom. The molecule has 0 atom stereocenters. The van der Waals surface area contributed by atoms with Gasteiger partial charge in [-0.2, -0.15) is 48.3 Å². The van der Waals surface area contributed by atoms with Crippen molar-refractivity contribution in [3.63, 3.8) is 0 Å². The normalized spacial score (nSPS) is 10.2. The average molecular weight is 1780 g/mol. The fourth-order valence-electron chi connectivity index (χ4n) is 8.94. The molecule has 0 saturated carbocycles. The Hall–Kier alpha value is -10.4. The first-order valence-electron chi connectivity index (χ1n) is 35.2. The van der Waals surface area contributed by atoms with Crippen LogP contribution in [0.4, 0.5) is 75.9 Å². The molecule has 0 aliphatic rings. The molecule has 0 fully saturated rings. The average Bonchev–Trinajstić information content (AvgIpc) is 0.833. The Bertz CT molecular complexity index is 4730. The van der Waals surface area contributed by atoms with E-state index in [1.165, 1.54) is 96.4 Å². The maximum Gasteiger partial charge on any atom is 0.573 e. The van der Waals surface area contributed by atoms with Crippen LogP contribution >= 0.6 is 50.7 Å². The summed E-state index contributed by atoms with van der Waals surface area (Å²) in [5, 5.41) is 2.20. The Labute approximate surface area is 704 Å². The van der Waals surface area contributed by atoms with Crippen molar-refractivity contribution in [2.75, 3.05) is 14.2 Å². The molecule has 12 aromatic rings. The zero-order chi connectivity index (χ0) is 89.5. The van der Waals surface area contributed by atoms with Crippen LogP contribution in [0, 0.1) is 108 Å². The van der Waals surface area contributed by atoms with Gasteiger partial charge in [0.2, 0.25) is 0 Å². The SMILES string of the molecule is COc1cc(C)ccc1F.COc1cccc(C)c1.Cc1cc(Cl)cc(Cl)c1.Cc1ccc(C(F)(F)F)cc1.Cc1ccc(F)c(C(F)(F)F)c1.Cc1cccc(Br)c1.Cc1cccc(C(F)(F)F)c1.Cc1cccc(C)c1.Cc1cccc(Cl)c1.Cc1cccc(OC(F)(F)F)c1.Cc1cccc(OC(F)F)c1.[C-]#[N+]c1cccc(C)c1. The van der Waals surface area contributed by atoms with Crippen LogP contribution in [0.3, 0.4) is 0 Å². The van der Waals surface area contributed by atoms with E-state index >= 15 is 0 Å². The van der Waals surface area contributed by atoms with Gasteiger partial charge in [0.1, 0.15) is 23.1 Å². The van der Waals surface area contributed by atoms with Gasteiger partial charge < -0.3 is 18.9 Å². The summed E-state index contributed by atoms with van der Waals surface area (Å²) in [6.45, 7) is 28.5. The van der Waals surface area contributed by atoms with Crippen molar-refractivity contribution in [1.82, 2.24) is 0 Å². The molecule has 5 nitrogen and oxygen atoms in total. The molecule has 0 bridgehead atoms. The number of methoxy groups -OCH3 is 2. The van der Waals surface area contributed by atoms with Crippen molar-refractivity contribution < 1.29 is 89.2 Å². The van der Waals surface area contributed by atoms with Crippen LogP contribution in [0.1, 0.15) is 89.0 Å². The predicted molar refractivity (Wildman–Crippen MR) is 449 cm³/mol. The number of ether oxygens (including phenoxy) is 4. The molecule has 0 amide bonds. The van der Waals surface area contributed by atoms with Gasteiger partial charge in [-0.3, -0.25) is 0 Å². The van der Waals surface area contributed by atoms with Crippen LogP contribution in [0.2, 0.25) is 15.1 Å². The van der Waals surface area contributed by atoms with Gasteiger partial charge in [0.15, 0.2) is 17.3 Å². The van der Waals surface area contributed by atoms with Crippen LogP contribution in [-0.4, -0.2) is 27.2 Å². The molecular formula is C93H91BrCl3F16NO4. The molecular weight excluding hydrogens is 1690 g/mol. The van der Waals surface area contributed by atoms with Crippen molar-refractivity contribution in [3.05, 3.63) is 405 Å². The van der Waals surface area contributed by atoms with Crippen LogP contribution in [0.25, 0.3) is 4.85 Å². The van der Waals surface area contributed by atoms with Gasteiger partial charge in [-0.25, -0.2) is 13.6 Å². The highest BCUT2D eigenvalue weighted by molar-refractivity contribution is 9.10. The van der Waals surface area contributed by atoms with Crippen molar-refractivity contribution in [3.8, 4) is 23.0 Å². The molecule has 12 rings (SSSR count). The van der Waals surface area contributed by atoms with E-state index in [0.717, 1.165) is 90.7 Å². The lowest BCUT2D eigenvalue weighted by atomic mass is 10.1. The third kappa shape index (κ3) is 50.9. The van der Waals surface area contributed by atoms with E-state index in [2.05, 4.69) is 87.4 Å². The minimum Gasteiger partial charge on any atom is -0.497 e. The number of benzene rings is 12. The zero-order valence-corrected chi connectivity index (χ0v) is 71.1. The number of halogens is 20. The second-order valence-corrected chi connectivity index (χ2v) is 27.8. The molecule has 0 heterocycles. The molecule has 0 aliphatic carbocycles. The number of nitrogens with zero attached hydrogens (tertiary/aromatic N) is 1. The first kappa shape index (κ1) is 106. The highest BCUT2D eigenvalue weighted by Gasteiger charge is 2.34. The summed E-state index contributed by atoms with van der Waals surface area (Å²) in [4.78, 5) is 3.28. The Kier molecular flexibility index (Phi) is 48.8. The lowest BCUT2D eigenvalue weighted by molar-refractivity contribution is -0.274. The molecule has 0 radical (unpaired) electrons. The van der Waals surface area contributed by atoms with Gasteiger partial charge >= 0.3 is 31.5 Å². The Morgan fingerprint density at radius 2 is 0.695 bits per heavy atom. The van der Waals surface area contributed by atoms with Gasteiger partial charge in [-0.15, -0.1) is 13.2 Å². The Morgan fingerprint density at radius 3 is 1.03 bits per heavy atom. The van der Waals surface area contributed by atoms with Gasteiger partial charge in [-0.05, 0) is 245 Å². The lowest BCUT2D eigenvalue weighted by Crippen LogP contribution is -2.17. The molecule has 0 N–H and O–H groups in total. The van der Waals surface area contributed by atoms with E-state index in [9.17, 15) is 70.2 Å². The van der Waals surface area contributed by atoms with Crippen molar-refractivity contribution in [2.45, 2.75) is 122 Å². The van der Waals surface area contributed by atoms with E-state index in [-0.39, 0.29) is 17.3 Å². The number of hydrogen-bond donors (Lipinski definition) is 0. The molecule has 0 spiro atoms. The number of hydrogen-bond acceptors (Lipinski definition) is 4. The quantitative estimate of drug-likeness (QED) is 0.127. The van der Waals surface area contributed by atoms with Gasteiger partial charge in [0.05, 0.1) is 37.5 Å². The van der Waals surface area contributed by atoms with Crippen LogP contribution < -0.4 is 18.9 Å². The summed E-state index contributed by atoms with van der Waals surface area (Å²) in [5.74, 6) is -0.279. The standard InChI is InChI=1S/C8H6F4.C8H7F3O.2C8H7F3.C8H8F2O.C8H9FO.C8H7N.C8H10O.C8H10.C7H7Br.C7H6Cl2.C7H7Cl/c1-5-2-3-7(9)6(4-5)8(10,11)12;1-6-3-2-4-7(5-6)12-8(9,10)11;1-6-2-4-7(5-3-6)8(9,10)11;1-6-3-2-4-7(5-6)8(9,10)11;1-6-3-2-4-7(5-6)11-8(9)10;1-6-3-4-7(9)8(5-6)10-2;2*1-7-4-3-5-8(6-7)9-2;1-7-4-3-5-8(2)6-7;1-6-3-2-4-7(8)5-6;1-5-2-6(8)4-7(9)3-5;1-6-3-2-4-7(8)5-6/h2-4H,1H3;2-5H,1H3;2*2-5H,1H3;2-5,8H,1H3;3-5H,1-2H3;3-6H,1H3;3-6H,1-2H3;3-6H,1-2H3;2-5H,1H3;2-4H,1H3;2-5H,1H3. The molecule has 118 heavy (non-hydrogen) atoms. The molecule has 0 aliphatic heterocycles. The smallest absolute Gasteiger partial charge is 0.497 e. The maximum absolute atomic E-state index is 12.6. The molecule has 0 aromatic heterocycles. The van der Waals surface area contributed by atoms with E-state index < -0.39 is 54.0 Å². The van der Waals surface area contributed by atoms with E-state index in [1.807, 2.05) is 139 Å². The van der Waals surface area contributed by atoms with Crippen molar-refractivity contribution >= 4 is 56.4 Å². The molecule has 25 heteroatoms. The summed E-state index contributed by atoms with van der Waals surface area (Å²) >= 11 is 20.3. The van der Waals surface area contributed by atoms with Crippen LogP contribution in [0.5, 0.6) is 23.0 Å². The number of alkyl halides is 14. The number of aryl methyl sites for hydroxylation is 13. The third-order valence-electron chi connectivity index (χ3n) is 14.4. The highest BCUT2D eigenvalue weighted by Crippen LogP contribution is 2.33. The molecule has 632 valence electrons. The van der Waals surface area contributed by atoms with Crippen LogP contribution in [0.15, 0.2) is 277 Å². The maximum atomic E-state index is 12.6. The first-order valence-corrected chi connectivity index (χ1v) is 37.1. The largest absolute Gasteiger partial charge is 0.573 e. The fourth-order valence-corrected chi connectivity index (χ4v) is 10.3. The van der Waals surface area contributed by atoms with Crippen LogP contribution in [-0.2, 0) is 18.5 Å². The topological polar surface area (TPSA) is 41.3 Å². The van der Waals surface area contributed by atoms with Crippen molar-refractivity contribution in [1.29, 1.82) is 0 Å². The van der Waals surface area contributed by atoms with E-state index in [1.54, 1.807) is 76.4 Å². The minimum absolute atomic E-state index is 0.178. The summed E-state index contributed by atoms with van der Waals surface area (Å²) < 4.78 is 210. The zero-order valence-electron chi connectivity index (χ0n) is 67.2. The lowest BCUT2D eigenvalue weighted by Gasteiger charge is -2.08. The first-order chi connectivity index (χ1) is 55.0. The number of rotatable bonds is 5. The van der Waals surface area contributed by atoms with Gasteiger partial charge in [-0.1, -0.05) is 241 Å². The molecule has 12 aromatic carbocycles. The minimum atomic E-state index is -4.60. The predicted octanol–water partition coefficient (Wildman–Crippen LogP) is 32.4. The summed E-state index contributed by atoms with van der Waals surface area (Å²) in [5.41, 5.74) is 11.5. The Balaban J connectivity index is 0.000000645. The fraction of sp³-hybridized carbons (Fsp3) is 0.215. The van der Waals surface area contributed by atoms with Gasteiger partial charge in [0.25, 0.3) is 0 Å². The summed E-state index contributed by atoms with van der Waals surface area (Å²) in [6.07, 6.45) is -17.6. The summed E-state index contributed by atoms with van der Waals surface area (Å²) in [7, 11) is 3.13.